The summed E-state index contributed by atoms with van der Waals surface area (Å²) in [4.78, 5) is 26.6. The van der Waals surface area contributed by atoms with Crippen LogP contribution in [0.4, 0.5) is 10.9 Å². The number of amides is 1. The van der Waals surface area contributed by atoms with Crippen LogP contribution < -0.4 is 10.2 Å². The van der Waals surface area contributed by atoms with Crippen LogP contribution in [0.2, 0.25) is 0 Å². The van der Waals surface area contributed by atoms with Crippen LogP contribution in [0.1, 0.15) is 12.8 Å². The van der Waals surface area contributed by atoms with E-state index < -0.39 is 0 Å². The highest BCUT2D eigenvalue weighted by Crippen LogP contribution is 2.22. The number of nitrogens with zero attached hydrogens (tertiary/aromatic N) is 4. The molecule has 3 heterocycles. The summed E-state index contributed by atoms with van der Waals surface area (Å²) >= 11 is 2.82. The standard InChI is InChI=1S/C13H15N5OS2/c19-11(17-13-14-3-6-20-13)8-21-12-7-10(15-9-16-12)18-4-1-2-5-18/h3,6-7,9H,1-2,4-5,8H2,(H,14,17,19). The monoisotopic (exact) mass is 321 g/mol. The number of carbonyl (C=O) groups excluding carboxylic acids is 1. The van der Waals surface area contributed by atoms with E-state index in [1.807, 2.05) is 11.4 Å². The Morgan fingerprint density at radius 3 is 2.95 bits per heavy atom. The molecule has 6 nitrogen and oxygen atoms in total. The van der Waals surface area contributed by atoms with Crippen molar-refractivity contribution in [3.63, 3.8) is 0 Å². The second kappa shape index (κ2) is 6.86. The zero-order chi connectivity index (χ0) is 14.5. The number of hydrogen-bond donors (Lipinski definition) is 1. The molecular formula is C13H15N5OS2. The van der Waals surface area contributed by atoms with Crippen LogP contribution in [0.25, 0.3) is 0 Å². The molecule has 110 valence electrons. The third-order valence-corrected chi connectivity index (χ3v) is 4.70. The van der Waals surface area contributed by atoms with Gasteiger partial charge in [-0.2, -0.15) is 0 Å². The zero-order valence-electron chi connectivity index (χ0n) is 11.4. The first-order valence-corrected chi connectivity index (χ1v) is 8.57. The van der Waals surface area contributed by atoms with Gasteiger partial charge in [-0.05, 0) is 12.8 Å². The van der Waals surface area contributed by atoms with E-state index in [2.05, 4.69) is 25.2 Å². The fourth-order valence-electron chi connectivity index (χ4n) is 2.11. The van der Waals surface area contributed by atoms with Gasteiger partial charge in [0.05, 0.1) is 5.75 Å². The van der Waals surface area contributed by atoms with Crippen molar-refractivity contribution in [2.45, 2.75) is 17.9 Å². The van der Waals surface area contributed by atoms with E-state index in [9.17, 15) is 4.79 Å². The summed E-state index contributed by atoms with van der Waals surface area (Å²) in [6.07, 6.45) is 5.65. The van der Waals surface area contributed by atoms with Crippen LogP contribution in [0.3, 0.4) is 0 Å². The molecule has 0 aromatic carbocycles. The molecule has 1 saturated heterocycles. The van der Waals surface area contributed by atoms with Crippen molar-refractivity contribution in [3.8, 4) is 0 Å². The Bertz CT molecular complexity index is 598. The van der Waals surface area contributed by atoms with E-state index >= 15 is 0 Å². The van der Waals surface area contributed by atoms with Gasteiger partial charge < -0.3 is 10.2 Å². The maximum Gasteiger partial charge on any atom is 0.236 e. The maximum absolute atomic E-state index is 11.8. The van der Waals surface area contributed by atoms with Crippen molar-refractivity contribution in [1.82, 2.24) is 15.0 Å². The molecule has 0 unspecified atom stereocenters. The van der Waals surface area contributed by atoms with Crippen LogP contribution in [-0.4, -0.2) is 39.7 Å². The number of carbonyl (C=O) groups is 1. The van der Waals surface area contributed by atoms with Gasteiger partial charge >= 0.3 is 0 Å². The lowest BCUT2D eigenvalue weighted by atomic mass is 10.4. The van der Waals surface area contributed by atoms with Crippen LogP contribution >= 0.6 is 23.1 Å². The Kier molecular flexibility index (Phi) is 4.66. The molecule has 1 aliphatic heterocycles. The van der Waals surface area contributed by atoms with Gasteiger partial charge in [0, 0.05) is 30.7 Å². The zero-order valence-corrected chi connectivity index (χ0v) is 13.0. The highest BCUT2D eigenvalue weighted by Gasteiger charge is 2.14. The van der Waals surface area contributed by atoms with Crippen LogP contribution in [0.15, 0.2) is 29.0 Å². The maximum atomic E-state index is 11.8. The number of thioether (sulfide) groups is 1. The minimum absolute atomic E-state index is 0.0729. The number of aromatic nitrogens is 3. The van der Waals surface area contributed by atoms with Gasteiger partial charge in [0.15, 0.2) is 5.13 Å². The normalized spacial score (nSPS) is 14.4. The molecule has 3 rings (SSSR count). The molecule has 0 spiro atoms. The van der Waals surface area contributed by atoms with Gasteiger partial charge in [0.2, 0.25) is 5.91 Å². The van der Waals surface area contributed by atoms with Crippen molar-refractivity contribution in [1.29, 1.82) is 0 Å². The van der Waals surface area contributed by atoms with Crippen molar-refractivity contribution in [2.24, 2.45) is 0 Å². The first kappa shape index (κ1) is 14.3. The Morgan fingerprint density at radius 2 is 2.19 bits per heavy atom. The summed E-state index contributed by atoms with van der Waals surface area (Å²) in [5.74, 6) is 1.19. The Morgan fingerprint density at radius 1 is 1.33 bits per heavy atom. The van der Waals surface area contributed by atoms with E-state index in [-0.39, 0.29) is 5.91 Å². The lowest BCUT2D eigenvalue weighted by molar-refractivity contribution is -0.113. The van der Waals surface area contributed by atoms with E-state index in [1.54, 1.807) is 12.5 Å². The predicted octanol–water partition coefficient (Wildman–Crippen LogP) is 2.26. The highest BCUT2D eigenvalue weighted by molar-refractivity contribution is 7.99. The van der Waals surface area contributed by atoms with Crippen LogP contribution in [0, 0.1) is 0 Å². The summed E-state index contributed by atoms with van der Waals surface area (Å²) in [5, 5.41) is 6.03. The van der Waals surface area contributed by atoms with Gasteiger partial charge in [-0.25, -0.2) is 15.0 Å². The molecule has 2 aromatic heterocycles. The molecule has 0 radical (unpaired) electrons. The molecular weight excluding hydrogens is 306 g/mol. The smallest absolute Gasteiger partial charge is 0.236 e. The second-order valence-corrected chi connectivity index (χ2v) is 6.47. The molecule has 1 N–H and O–H groups in total. The second-order valence-electron chi connectivity index (χ2n) is 4.58. The number of anilines is 2. The molecule has 8 heteroatoms. The molecule has 0 saturated carbocycles. The van der Waals surface area contributed by atoms with Crippen LogP contribution in [-0.2, 0) is 4.79 Å². The van der Waals surface area contributed by atoms with Gasteiger partial charge in [-0.1, -0.05) is 11.8 Å². The Balaban J connectivity index is 1.55. The summed E-state index contributed by atoms with van der Waals surface area (Å²) < 4.78 is 0. The first-order valence-electron chi connectivity index (χ1n) is 6.70. The molecule has 21 heavy (non-hydrogen) atoms. The number of hydrogen-bond acceptors (Lipinski definition) is 7. The SMILES string of the molecule is O=C(CSc1cc(N2CCCC2)ncn1)Nc1nccs1. The molecule has 1 aliphatic rings. The molecule has 1 amide bonds. The number of nitrogens with one attached hydrogen (secondary N) is 1. The average Bonchev–Trinajstić information content (AvgIpc) is 3.19. The summed E-state index contributed by atoms with van der Waals surface area (Å²) in [7, 11) is 0. The summed E-state index contributed by atoms with van der Waals surface area (Å²) in [6, 6.07) is 1.95. The van der Waals surface area contributed by atoms with Gasteiger partial charge in [0.1, 0.15) is 17.2 Å². The first-order chi connectivity index (χ1) is 10.3. The van der Waals surface area contributed by atoms with E-state index in [0.717, 1.165) is 23.9 Å². The van der Waals surface area contributed by atoms with Crippen molar-refractivity contribution in [3.05, 3.63) is 24.0 Å². The molecule has 0 aliphatic carbocycles. The largest absolute Gasteiger partial charge is 0.356 e. The minimum atomic E-state index is -0.0729. The van der Waals surface area contributed by atoms with Crippen molar-refractivity contribution in [2.75, 3.05) is 29.1 Å². The molecule has 2 aromatic rings. The van der Waals surface area contributed by atoms with E-state index in [1.165, 1.54) is 35.9 Å². The minimum Gasteiger partial charge on any atom is -0.356 e. The summed E-state index contributed by atoms with van der Waals surface area (Å²) in [5.41, 5.74) is 0. The van der Waals surface area contributed by atoms with Crippen molar-refractivity contribution < 1.29 is 4.79 Å². The Hall–Kier alpha value is -1.67. The lowest BCUT2D eigenvalue weighted by Crippen LogP contribution is -2.19. The number of thiazole rings is 1. The topological polar surface area (TPSA) is 71.0 Å². The third kappa shape index (κ3) is 3.92. The van der Waals surface area contributed by atoms with E-state index in [0.29, 0.717) is 10.9 Å². The third-order valence-electron chi connectivity index (χ3n) is 3.09. The van der Waals surface area contributed by atoms with Crippen molar-refractivity contribution >= 4 is 40.0 Å². The average molecular weight is 321 g/mol. The number of rotatable bonds is 5. The van der Waals surface area contributed by atoms with Gasteiger partial charge in [-0.3, -0.25) is 4.79 Å². The fourth-order valence-corrected chi connectivity index (χ4v) is 3.31. The van der Waals surface area contributed by atoms with E-state index in [4.69, 9.17) is 0 Å². The highest BCUT2D eigenvalue weighted by atomic mass is 32.2. The van der Waals surface area contributed by atoms with Gasteiger partial charge in [0.25, 0.3) is 0 Å². The molecule has 1 fully saturated rings. The van der Waals surface area contributed by atoms with Crippen LogP contribution in [0.5, 0.6) is 0 Å². The predicted molar refractivity (Wildman–Crippen MR) is 84.9 cm³/mol. The molecule has 0 atom stereocenters. The quantitative estimate of drug-likeness (QED) is 0.673. The molecule has 0 bridgehead atoms. The Labute approximate surface area is 131 Å². The fraction of sp³-hybridized carbons (Fsp3) is 0.385. The lowest BCUT2D eigenvalue weighted by Gasteiger charge is -2.16. The summed E-state index contributed by atoms with van der Waals surface area (Å²) in [6.45, 7) is 2.09. The van der Waals surface area contributed by atoms with Gasteiger partial charge in [-0.15, -0.1) is 11.3 Å².